The third-order valence-corrected chi connectivity index (χ3v) is 4.86. The molecule has 0 nitrogen and oxygen atoms in total. The van der Waals surface area contributed by atoms with E-state index in [9.17, 15) is 0 Å². The maximum Gasteiger partial charge on any atom is -0.00155 e. The highest BCUT2D eigenvalue weighted by Crippen LogP contribution is 2.53. The van der Waals surface area contributed by atoms with Crippen LogP contribution in [0.4, 0.5) is 0 Å². The van der Waals surface area contributed by atoms with Gasteiger partial charge in [-0.25, -0.2) is 0 Å². The Bertz CT molecular complexity index is 366. The Labute approximate surface area is 92.7 Å². The Balaban J connectivity index is 2.11. The van der Waals surface area contributed by atoms with Gasteiger partial charge in [0.15, 0.2) is 0 Å². The van der Waals surface area contributed by atoms with Gasteiger partial charge in [-0.3, -0.25) is 0 Å². The summed E-state index contributed by atoms with van der Waals surface area (Å²) in [5, 5.41) is 0. The van der Waals surface area contributed by atoms with Crippen LogP contribution < -0.4 is 0 Å². The van der Waals surface area contributed by atoms with Gasteiger partial charge in [-0.05, 0) is 48.1 Å². The van der Waals surface area contributed by atoms with Gasteiger partial charge < -0.3 is 0 Å². The summed E-state index contributed by atoms with van der Waals surface area (Å²) < 4.78 is 0. The first-order valence-electron chi connectivity index (χ1n) is 6.45. The lowest BCUT2D eigenvalue weighted by Gasteiger charge is -2.39. The lowest BCUT2D eigenvalue weighted by molar-refractivity contribution is 0.198. The van der Waals surface area contributed by atoms with Crippen LogP contribution in [0.2, 0.25) is 0 Å². The predicted molar refractivity (Wildman–Crippen MR) is 64.1 cm³/mol. The second-order valence-electron chi connectivity index (χ2n) is 5.31. The molecule has 0 saturated heterocycles. The fraction of sp³-hybridized carbons (Fsp3) is 0.600. The summed E-state index contributed by atoms with van der Waals surface area (Å²) in [6, 6.07) is 9.18. The average Bonchev–Trinajstić information content (AvgIpc) is 2.64. The van der Waals surface area contributed by atoms with Gasteiger partial charge in [0.05, 0.1) is 0 Å². The number of hydrogen-bond donors (Lipinski definition) is 0. The highest BCUT2D eigenvalue weighted by molar-refractivity contribution is 5.41. The zero-order valence-electron chi connectivity index (χ0n) is 9.63. The number of fused-ring (bicyclic) bond motifs is 3. The average molecular weight is 200 g/mol. The van der Waals surface area contributed by atoms with Gasteiger partial charge in [0.25, 0.3) is 0 Å². The largest absolute Gasteiger partial charge is 0.0645 e. The first-order chi connectivity index (χ1) is 7.37. The first-order valence-corrected chi connectivity index (χ1v) is 6.45. The van der Waals surface area contributed by atoms with E-state index in [-0.39, 0.29) is 0 Å². The number of rotatable bonds is 1. The molecule has 1 fully saturated rings. The SMILES string of the molecule is CC[C@]12CCCC[C@H]1Cc1ccccc12. The summed E-state index contributed by atoms with van der Waals surface area (Å²) in [6.07, 6.45) is 8.49. The zero-order valence-corrected chi connectivity index (χ0v) is 9.63. The van der Waals surface area contributed by atoms with Crippen LogP contribution in [0.15, 0.2) is 24.3 Å². The van der Waals surface area contributed by atoms with Crippen molar-refractivity contribution in [1.29, 1.82) is 0 Å². The minimum Gasteiger partial charge on any atom is -0.0645 e. The Hall–Kier alpha value is -0.780. The molecule has 0 radical (unpaired) electrons. The topological polar surface area (TPSA) is 0 Å². The van der Waals surface area contributed by atoms with E-state index in [0.717, 1.165) is 5.92 Å². The van der Waals surface area contributed by atoms with Gasteiger partial charge in [0, 0.05) is 0 Å². The molecule has 3 rings (SSSR count). The van der Waals surface area contributed by atoms with Crippen LogP contribution in [0.25, 0.3) is 0 Å². The zero-order chi connectivity index (χ0) is 10.3. The molecule has 0 unspecified atom stereocenters. The molecular weight excluding hydrogens is 180 g/mol. The standard InChI is InChI=1S/C15H20/c1-2-15-10-6-5-8-13(15)11-12-7-3-4-9-14(12)15/h3-4,7,9,13H,2,5-6,8,10-11H2,1H3/t13-,15-/m0/s1. The van der Waals surface area contributed by atoms with Crippen LogP contribution in [-0.2, 0) is 11.8 Å². The summed E-state index contributed by atoms with van der Waals surface area (Å²) in [6.45, 7) is 2.39. The summed E-state index contributed by atoms with van der Waals surface area (Å²) in [5.41, 5.74) is 3.90. The van der Waals surface area contributed by atoms with Crippen LogP contribution in [0.3, 0.4) is 0 Å². The quantitative estimate of drug-likeness (QED) is 0.640. The summed E-state index contributed by atoms with van der Waals surface area (Å²) in [4.78, 5) is 0. The lowest BCUT2D eigenvalue weighted by Crippen LogP contribution is -2.33. The monoisotopic (exact) mass is 200 g/mol. The van der Waals surface area contributed by atoms with Gasteiger partial charge in [-0.15, -0.1) is 0 Å². The predicted octanol–water partition coefficient (Wildman–Crippen LogP) is 4.08. The highest BCUT2D eigenvalue weighted by Gasteiger charge is 2.45. The molecule has 2 aliphatic carbocycles. The van der Waals surface area contributed by atoms with E-state index < -0.39 is 0 Å². The summed E-state index contributed by atoms with van der Waals surface area (Å²) in [7, 11) is 0. The van der Waals surface area contributed by atoms with Gasteiger partial charge in [0.2, 0.25) is 0 Å². The second-order valence-corrected chi connectivity index (χ2v) is 5.31. The van der Waals surface area contributed by atoms with Crippen LogP contribution >= 0.6 is 0 Å². The smallest absolute Gasteiger partial charge is 0.00155 e. The molecule has 0 amide bonds. The first kappa shape index (κ1) is 9.45. The normalized spacial score (nSPS) is 33.5. The van der Waals surface area contributed by atoms with E-state index in [0.29, 0.717) is 5.41 Å². The van der Waals surface area contributed by atoms with Crippen molar-refractivity contribution in [2.24, 2.45) is 5.92 Å². The second kappa shape index (κ2) is 3.37. The molecule has 0 bridgehead atoms. The van der Waals surface area contributed by atoms with Crippen molar-refractivity contribution in [3.05, 3.63) is 35.4 Å². The molecule has 0 spiro atoms. The number of hydrogen-bond acceptors (Lipinski definition) is 0. The van der Waals surface area contributed by atoms with Crippen LogP contribution in [0, 0.1) is 5.92 Å². The van der Waals surface area contributed by atoms with Gasteiger partial charge >= 0.3 is 0 Å². The van der Waals surface area contributed by atoms with Crippen molar-refractivity contribution in [2.75, 3.05) is 0 Å². The minimum absolute atomic E-state index is 0.564. The number of benzene rings is 1. The van der Waals surface area contributed by atoms with Crippen LogP contribution in [0.1, 0.15) is 50.2 Å². The Kier molecular flexibility index (Phi) is 2.12. The molecule has 15 heavy (non-hydrogen) atoms. The van der Waals surface area contributed by atoms with Crippen molar-refractivity contribution in [2.45, 2.75) is 50.9 Å². The van der Waals surface area contributed by atoms with Crippen LogP contribution in [-0.4, -0.2) is 0 Å². The molecule has 80 valence electrons. The van der Waals surface area contributed by atoms with Gasteiger partial charge in [-0.2, -0.15) is 0 Å². The molecule has 0 aliphatic heterocycles. The fourth-order valence-electron chi connectivity index (χ4n) is 4.07. The summed E-state index contributed by atoms with van der Waals surface area (Å²) in [5.74, 6) is 0.952. The van der Waals surface area contributed by atoms with Crippen molar-refractivity contribution in [3.63, 3.8) is 0 Å². The third-order valence-electron chi connectivity index (χ3n) is 4.86. The van der Waals surface area contributed by atoms with E-state index in [1.165, 1.54) is 38.5 Å². The molecule has 2 atom stereocenters. The Morgan fingerprint density at radius 1 is 1.27 bits per heavy atom. The van der Waals surface area contributed by atoms with E-state index in [1.807, 2.05) is 0 Å². The van der Waals surface area contributed by atoms with Crippen molar-refractivity contribution < 1.29 is 0 Å². The maximum atomic E-state index is 2.39. The van der Waals surface area contributed by atoms with E-state index in [1.54, 1.807) is 11.1 Å². The van der Waals surface area contributed by atoms with E-state index in [4.69, 9.17) is 0 Å². The van der Waals surface area contributed by atoms with Crippen LogP contribution in [0.5, 0.6) is 0 Å². The fourth-order valence-corrected chi connectivity index (χ4v) is 4.07. The molecule has 0 aromatic heterocycles. The molecule has 0 heteroatoms. The molecule has 1 aromatic rings. The van der Waals surface area contributed by atoms with E-state index in [2.05, 4.69) is 31.2 Å². The highest BCUT2D eigenvalue weighted by atomic mass is 14.5. The minimum atomic E-state index is 0.564. The van der Waals surface area contributed by atoms with Gasteiger partial charge in [0.1, 0.15) is 0 Å². The molecule has 1 aromatic carbocycles. The molecule has 0 N–H and O–H groups in total. The molecule has 0 heterocycles. The molecule has 2 aliphatic rings. The molecule has 1 saturated carbocycles. The third kappa shape index (κ3) is 1.20. The molecular formula is C15H20. The lowest BCUT2D eigenvalue weighted by atomic mass is 9.64. The maximum absolute atomic E-state index is 2.39. The van der Waals surface area contributed by atoms with E-state index >= 15 is 0 Å². The Morgan fingerprint density at radius 3 is 3.00 bits per heavy atom. The van der Waals surface area contributed by atoms with Crippen molar-refractivity contribution in [1.82, 2.24) is 0 Å². The van der Waals surface area contributed by atoms with Crippen molar-refractivity contribution >= 4 is 0 Å². The Morgan fingerprint density at radius 2 is 2.13 bits per heavy atom. The van der Waals surface area contributed by atoms with Gasteiger partial charge in [-0.1, -0.05) is 44.0 Å². The van der Waals surface area contributed by atoms with Crippen molar-refractivity contribution in [3.8, 4) is 0 Å². The summed E-state index contributed by atoms with van der Waals surface area (Å²) >= 11 is 0.